The minimum absolute atomic E-state index is 0.0186. The van der Waals surface area contributed by atoms with Crippen molar-refractivity contribution in [1.29, 1.82) is 5.26 Å². The Hall–Kier alpha value is -4.26. The number of aromatic nitrogens is 1. The van der Waals surface area contributed by atoms with Crippen LogP contribution in [0.3, 0.4) is 0 Å². The van der Waals surface area contributed by atoms with E-state index in [0.29, 0.717) is 42.9 Å². The van der Waals surface area contributed by atoms with Crippen molar-refractivity contribution in [3.05, 3.63) is 77.3 Å². The highest BCUT2D eigenvalue weighted by Gasteiger charge is 2.50. The number of likely N-dealkylation sites (tertiary alicyclic amines) is 1. The smallest absolute Gasteiger partial charge is 0.282 e. The van der Waals surface area contributed by atoms with Crippen LogP contribution in [0.4, 0.5) is 14.5 Å². The fourth-order valence-corrected chi connectivity index (χ4v) is 8.89. The number of nitrogens with zero attached hydrogens (tertiary/aromatic N) is 5. The molecule has 0 radical (unpaired) electrons. The number of pyridine rings is 1. The van der Waals surface area contributed by atoms with Gasteiger partial charge in [-0.25, -0.2) is 13.8 Å². The summed E-state index contributed by atoms with van der Waals surface area (Å²) in [5.41, 5.74) is 3.85. The largest absolute Gasteiger partial charge is 0.475 e. The number of nitriles is 1. The Morgan fingerprint density at radius 2 is 1.94 bits per heavy atom. The summed E-state index contributed by atoms with van der Waals surface area (Å²) in [7, 11) is 0. The van der Waals surface area contributed by atoms with Crippen molar-refractivity contribution in [2.24, 2.45) is 0 Å². The van der Waals surface area contributed by atoms with Gasteiger partial charge in [-0.1, -0.05) is 54.6 Å². The van der Waals surface area contributed by atoms with Gasteiger partial charge in [0.1, 0.15) is 12.4 Å². The Morgan fingerprint density at radius 3 is 2.70 bits per heavy atom. The van der Waals surface area contributed by atoms with E-state index in [1.165, 1.54) is 6.07 Å². The highest BCUT2D eigenvalue weighted by atomic mass is 35.5. The Labute approximate surface area is 277 Å². The molecule has 7 nitrogen and oxygen atoms in total. The van der Waals surface area contributed by atoms with Gasteiger partial charge < -0.3 is 14.5 Å². The van der Waals surface area contributed by atoms with Gasteiger partial charge in [-0.2, -0.15) is 5.26 Å². The molecule has 4 fully saturated rings. The zero-order chi connectivity index (χ0) is 32.4. The fraction of sp³-hybridized carbons (Fsp3) is 0.378. The van der Waals surface area contributed by atoms with Gasteiger partial charge in [0.05, 0.1) is 51.9 Å². The average Bonchev–Trinajstić information content (AvgIpc) is 3.74. The van der Waals surface area contributed by atoms with E-state index in [-0.39, 0.29) is 29.1 Å². The van der Waals surface area contributed by atoms with Gasteiger partial charge in [-0.3, -0.25) is 9.69 Å². The van der Waals surface area contributed by atoms with E-state index in [0.717, 1.165) is 71.9 Å². The van der Waals surface area contributed by atoms with Crippen molar-refractivity contribution in [2.45, 2.75) is 56.1 Å². The van der Waals surface area contributed by atoms with Gasteiger partial charge in [0.15, 0.2) is 5.83 Å². The summed E-state index contributed by atoms with van der Waals surface area (Å²) >= 11 is 6.52. The van der Waals surface area contributed by atoms with Crippen LogP contribution in [0.2, 0.25) is 5.02 Å². The summed E-state index contributed by atoms with van der Waals surface area (Å²) in [6.45, 7) is 6.79. The lowest BCUT2D eigenvalue weighted by Crippen LogP contribution is -2.63. The topological polar surface area (TPSA) is 72.7 Å². The van der Waals surface area contributed by atoms with Crippen LogP contribution in [0.25, 0.3) is 32.8 Å². The Kier molecular flexibility index (Phi) is 7.34. The third-order valence-electron chi connectivity index (χ3n) is 10.9. The molecule has 0 bridgehead atoms. The first kappa shape index (κ1) is 30.1. The molecule has 4 aromatic rings. The highest BCUT2D eigenvalue weighted by molar-refractivity contribution is 6.37. The molecule has 4 aliphatic heterocycles. The summed E-state index contributed by atoms with van der Waals surface area (Å²) in [5, 5.41) is 12.4. The fourth-order valence-electron chi connectivity index (χ4n) is 8.62. The monoisotopic (exact) mass is 653 g/mol. The van der Waals surface area contributed by atoms with Gasteiger partial charge >= 0.3 is 0 Å². The number of hydrogen-bond acceptors (Lipinski definition) is 6. The highest BCUT2D eigenvalue weighted by Crippen LogP contribution is 2.46. The predicted molar refractivity (Wildman–Crippen MR) is 179 cm³/mol. The molecule has 0 aliphatic carbocycles. The molecule has 240 valence electrons. The van der Waals surface area contributed by atoms with Crippen LogP contribution in [0.1, 0.15) is 37.7 Å². The number of carbonyl (C=O) groups excluding carboxylic acids is 1. The molecule has 8 rings (SSSR count). The molecule has 2 atom stereocenters. The van der Waals surface area contributed by atoms with Gasteiger partial charge in [0, 0.05) is 23.9 Å². The molecule has 4 saturated heterocycles. The molecule has 3 aromatic carbocycles. The van der Waals surface area contributed by atoms with Crippen LogP contribution >= 0.6 is 11.6 Å². The molecule has 0 saturated carbocycles. The normalized spacial score (nSPS) is 21.5. The number of benzene rings is 3. The van der Waals surface area contributed by atoms with Crippen molar-refractivity contribution < 1.29 is 18.3 Å². The first-order valence-electron chi connectivity index (χ1n) is 16.3. The van der Waals surface area contributed by atoms with Crippen molar-refractivity contribution in [3.8, 4) is 23.1 Å². The summed E-state index contributed by atoms with van der Waals surface area (Å²) in [6, 6.07) is 17.0. The van der Waals surface area contributed by atoms with Gasteiger partial charge in [-0.15, -0.1) is 0 Å². The van der Waals surface area contributed by atoms with E-state index in [9.17, 15) is 18.8 Å². The number of anilines is 1. The number of hydrogen-bond donors (Lipinski definition) is 0. The number of amides is 1. The number of rotatable bonds is 7. The van der Waals surface area contributed by atoms with Crippen LogP contribution < -0.4 is 9.64 Å². The summed E-state index contributed by atoms with van der Waals surface area (Å²) in [5.74, 6) is -1.66. The van der Waals surface area contributed by atoms with Gasteiger partial charge in [0.2, 0.25) is 5.88 Å². The molecule has 4 aliphatic rings. The maximum absolute atomic E-state index is 14.6. The molecule has 1 unspecified atom stereocenters. The maximum Gasteiger partial charge on any atom is 0.282 e. The Bertz CT molecular complexity index is 2000. The van der Waals surface area contributed by atoms with Crippen LogP contribution in [-0.2, 0) is 11.2 Å². The standard InChI is InChI=1S/C37H34ClF2N5O2/c1-22(39)36(46)44-18-12-30-31(44)20-45(30)34-26-9-7-24(25-6-2-5-23-8-10-28(40)33(38)32(23)25)19-29(26)42-35(27(34)11-15-41)47-21-37-13-3-16-43(37)17-4-14-37/h2,5-10,19,30-31H,1,3-4,11-14,16-18,20-21H2/t30?,31-/m1/s1. The van der Waals surface area contributed by atoms with Crippen molar-refractivity contribution in [2.75, 3.05) is 37.7 Å². The minimum atomic E-state index is -0.951. The van der Waals surface area contributed by atoms with Crippen molar-refractivity contribution in [1.82, 2.24) is 14.8 Å². The lowest BCUT2D eigenvalue weighted by molar-refractivity contribution is -0.130. The third-order valence-corrected chi connectivity index (χ3v) is 11.3. The Morgan fingerprint density at radius 1 is 1.13 bits per heavy atom. The molecule has 10 heteroatoms. The zero-order valence-corrected chi connectivity index (χ0v) is 26.7. The van der Waals surface area contributed by atoms with E-state index >= 15 is 0 Å². The van der Waals surface area contributed by atoms with Crippen LogP contribution in [0, 0.1) is 17.1 Å². The summed E-state index contributed by atoms with van der Waals surface area (Å²) < 4.78 is 35.2. The van der Waals surface area contributed by atoms with E-state index in [4.69, 9.17) is 21.3 Å². The molecule has 0 N–H and O–H groups in total. The first-order valence-corrected chi connectivity index (χ1v) is 16.7. The number of fused-ring (bicyclic) bond motifs is 4. The van der Waals surface area contributed by atoms with Crippen LogP contribution in [0.15, 0.2) is 60.9 Å². The van der Waals surface area contributed by atoms with Crippen molar-refractivity contribution in [3.63, 3.8) is 0 Å². The van der Waals surface area contributed by atoms with Crippen LogP contribution in [-0.4, -0.2) is 71.1 Å². The molecular formula is C37H34ClF2N5O2. The Balaban J connectivity index is 1.26. The molecular weight excluding hydrogens is 620 g/mol. The second-order valence-electron chi connectivity index (χ2n) is 13.3. The molecule has 47 heavy (non-hydrogen) atoms. The number of carbonyl (C=O) groups is 1. The SMILES string of the molecule is C=C(F)C(=O)N1CCC2[C@H]1CN2c1c(CC#N)c(OCC23CCCN2CCC3)nc2cc(-c3cccc4ccc(F)c(Cl)c34)ccc12. The lowest BCUT2D eigenvalue weighted by atomic mass is 9.91. The zero-order valence-electron chi connectivity index (χ0n) is 25.9. The minimum Gasteiger partial charge on any atom is -0.475 e. The number of ether oxygens (including phenoxy) is 1. The van der Waals surface area contributed by atoms with Crippen LogP contribution in [0.5, 0.6) is 5.88 Å². The van der Waals surface area contributed by atoms with Gasteiger partial charge in [0.25, 0.3) is 5.91 Å². The molecule has 5 heterocycles. The first-order chi connectivity index (χ1) is 22.8. The van der Waals surface area contributed by atoms with E-state index in [1.54, 1.807) is 11.0 Å². The lowest BCUT2D eigenvalue weighted by Gasteiger charge is -2.49. The third kappa shape index (κ3) is 4.76. The summed E-state index contributed by atoms with van der Waals surface area (Å²) in [4.78, 5) is 24.0. The van der Waals surface area contributed by atoms with E-state index < -0.39 is 17.6 Å². The summed E-state index contributed by atoms with van der Waals surface area (Å²) in [6.07, 6.45) is 5.19. The quantitative estimate of drug-likeness (QED) is 0.197. The van der Waals surface area contributed by atoms with E-state index in [2.05, 4.69) is 22.4 Å². The second-order valence-corrected chi connectivity index (χ2v) is 13.6. The molecule has 0 spiro atoms. The number of halogens is 3. The van der Waals surface area contributed by atoms with Crippen molar-refractivity contribution >= 4 is 44.9 Å². The van der Waals surface area contributed by atoms with Gasteiger partial charge in [-0.05, 0) is 73.8 Å². The second kappa shape index (κ2) is 11.5. The maximum atomic E-state index is 14.6. The molecule has 1 amide bonds. The van der Waals surface area contributed by atoms with E-state index in [1.807, 2.05) is 36.4 Å². The average molecular weight is 654 g/mol. The molecule has 1 aromatic heterocycles. The predicted octanol–water partition coefficient (Wildman–Crippen LogP) is 7.19.